The van der Waals surface area contributed by atoms with Crippen molar-refractivity contribution < 1.29 is 19.1 Å². The number of methoxy groups -OCH3 is 1. The summed E-state index contributed by atoms with van der Waals surface area (Å²) in [6, 6.07) is 9.71. The molecule has 0 aliphatic heterocycles. The van der Waals surface area contributed by atoms with E-state index in [4.69, 9.17) is 21.1 Å². The first kappa shape index (κ1) is 18.5. The number of benzene rings is 1. The summed E-state index contributed by atoms with van der Waals surface area (Å²) >= 11 is 5.82. The van der Waals surface area contributed by atoms with E-state index in [1.165, 1.54) is 7.11 Å². The first-order valence-electron chi connectivity index (χ1n) is 7.55. The fraction of sp³-hybridized carbons (Fsp3) is 0.235. The Labute approximate surface area is 150 Å². The number of anilines is 2. The molecule has 0 unspecified atom stereocenters. The van der Waals surface area contributed by atoms with Crippen molar-refractivity contribution in [3.63, 3.8) is 0 Å². The van der Waals surface area contributed by atoms with E-state index >= 15 is 0 Å². The van der Waals surface area contributed by atoms with Gasteiger partial charge in [-0.25, -0.2) is 0 Å². The third kappa shape index (κ3) is 5.36. The van der Waals surface area contributed by atoms with E-state index in [0.29, 0.717) is 28.0 Å². The summed E-state index contributed by atoms with van der Waals surface area (Å²) in [6.07, 6.45) is 0. The van der Waals surface area contributed by atoms with Crippen molar-refractivity contribution in [2.24, 2.45) is 0 Å². The maximum absolute atomic E-state index is 12.3. The van der Waals surface area contributed by atoms with Gasteiger partial charge in [0.25, 0.3) is 5.91 Å². The number of rotatable bonds is 7. The summed E-state index contributed by atoms with van der Waals surface area (Å²) in [6.45, 7) is 1.92. The molecule has 7 nitrogen and oxygen atoms in total. The zero-order chi connectivity index (χ0) is 18.2. The van der Waals surface area contributed by atoms with Crippen LogP contribution in [0.2, 0.25) is 5.02 Å². The second-order valence-electron chi connectivity index (χ2n) is 4.87. The van der Waals surface area contributed by atoms with Crippen molar-refractivity contribution in [1.29, 1.82) is 0 Å². The first-order valence-corrected chi connectivity index (χ1v) is 7.92. The topological polar surface area (TPSA) is 89.6 Å². The molecule has 1 heterocycles. The Hall–Kier alpha value is -2.80. The molecule has 25 heavy (non-hydrogen) atoms. The molecule has 2 N–H and O–H groups in total. The fourth-order valence-corrected chi connectivity index (χ4v) is 2.08. The Morgan fingerprint density at radius 3 is 2.52 bits per heavy atom. The number of esters is 1. The molecular formula is C17H18ClN3O4. The van der Waals surface area contributed by atoms with Crippen LogP contribution in [0.25, 0.3) is 0 Å². The van der Waals surface area contributed by atoms with E-state index in [1.807, 2.05) is 0 Å². The highest BCUT2D eigenvalue weighted by molar-refractivity contribution is 6.30. The molecule has 0 spiro atoms. The van der Waals surface area contributed by atoms with Crippen molar-refractivity contribution >= 4 is 35.0 Å². The zero-order valence-corrected chi connectivity index (χ0v) is 14.6. The van der Waals surface area contributed by atoms with Gasteiger partial charge in [0.05, 0.1) is 19.4 Å². The maximum Gasteiger partial charge on any atom is 0.325 e. The van der Waals surface area contributed by atoms with Crippen molar-refractivity contribution in [2.45, 2.75) is 6.92 Å². The SMILES string of the molecule is CCOC(=O)CNc1nc(OC)ccc1NC(=O)c1ccc(Cl)cc1. The van der Waals surface area contributed by atoms with Crippen LogP contribution in [0, 0.1) is 0 Å². The van der Waals surface area contributed by atoms with Gasteiger partial charge in [-0.15, -0.1) is 0 Å². The third-order valence-corrected chi connectivity index (χ3v) is 3.39. The molecule has 2 rings (SSSR count). The van der Waals surface area contributed by atoms with E-state index in [9.17, 15) is 9.59 Å². The number of pyridine rings is 1. The molecule has 0 saturated carbocycles. The monoisotopic (exact) mass is 363 g/mol. The van der Waals surface area contributed by atoms with Gasteiger partial charge >= 0.3 is 5.97 Å². The van der Waals surface area contributed by atoms with Crippen molar-refractivity contribution in [1.82, 2.24) is 4.98 Å². The van der Waals surface area contributed by atoms with Gasteiger partial charge < -0.3 is 20.1 Å². The number of hydrogen-bond acceptors (Lipinski definition) is 6. The summed E-state index contributed by atoms with van der Waals surface area (Å²) < 4.78 is 9.93. The molecule has 0 atom stereocenters. The first-order chi connectivity index (χ1) is 12.0. The lowest BCUT2D eigenvalue weighted by Crippen LogP contribution is -2.19. The lowest BCUT2D eigenvalue weighted by atomic mass is 10.2. The minimum Gasteiger partial charge on any atom is -0.481 e. The average molecular weight is 364 g/mol. The number of aromatic nitrogens is 1. The Bertz CT molecular complexity index is 750. The summed E-state index contributed by atoms with van der Waals surface area (Å²) in [4.78, 5) is 28.1. The van der Waals surface area contributed by atoms with Crippen LogP contribution in [0.15, 0.2) is 36.4 Å². The number of hydrogen-bond donors (Lipinski definition) is 2. The average Bonchev–Trinajstić information content (AvgIpc) is 2.61. The smallest absolute Gasteiger partial charge is 0.325 e. The van der Waals surface area contributed by atoms with Crippen molar-refractivity contribution in [2.75, 3.05) is 30.9 Å². The predicted molar refractivity (Wildman–Crippen MR) is 95.3 cm³/mol. The quantitative estimate of drug-likeness (QED) is 0.735. The molecule has 0 bridgehead atoms. The number of carbonyl (C=O) groups excluding carboxylic acids is 2. The number of amides is 1. The summed E-state index contributed by atoms with van der Waals surface area (Å²) in [5.74, 6) is -0.115. The highest BCUT2D eigenvalue weighted by Crippen LogP contribution is 2.23. The summed E-state index contributed by atoms with van der Waals surface area (Å²) in [7, 11) is 1.48. The van der Waals surface area contributed by atoms with Crippen LogP contribution in [-0.4, -0.2) is 37.1 Å². The van der Waals surface area contributed by atoms with Gasteiger partial charge in [0, 0.05) is 16.7 Å². The molecule has 0 aliphatic rings. The molecule has 8 heteroatoms. The Kier molecular flexibility index (Phi) is 6.59. The van der Waals surface area contributed by atoms with E-state index < -0.39 is 5.97 Å². The lowest BCUT2D eigenvalue weighted by Gasteiger charge is -2.13. The van der Waals surface area contributed by atoms with Crippen LogP contribution in [0.1, 0.15) is 17.3 Å². The van der Waals surface area contributed by atoms with Crippen molar-refractivity contribution in [3.05, 3.63) is 47.0 Å². The number of ether oxygens (including phenoxy) is 2. The van der Waals surface area contributed by atoms with Crippen LogP contribution in [0.4, 0.5) is 11.5 Å². The van der Waals surface area contributed by atoms with Crippen LogP contribution in [0.3, 0.4) is 0 Å². The van der Waals surface area contributed by atoms with Gasteiger partial charge in [0.2, 0.25) is 5.88 Å². The molecule has 1 aromatic carbocycles. The van der Waals surface area contributed by atoms with Crippen molar-refractivity contribution in [3.8, 4) is 5.88 Å². The van der Waals surface area contributed by atoms with Gasteiger partial charge in [0.15, 0.2) is 5.82 Å². The molecular weight excluding hydrogens is 346 g/mol. The molecule has 1 aromatic heterocycles. The normalized spacial score (nSPS) is 10.0. The highest BCUT2D eigenvalue weighted by Gasteiger charge is 2.13. The molecule has 0 fully saturated rings. The predicted octanol–water partition coefficient (Wildman–Crippen LogP) is 2.97. The zero-order valence-electron chi connectivity index (χ0n) is 13.8. The van der Waals surface area contributed by atoms with E-state index in [2.05, 4.69) is 15.6 Å². The number of halogens is 1. The number of nitrogens with one attached hydrogen (secondary N) is 2. The molecule has 1 amide bonds. The summed E-state index contributed by atoms with van der Waals surface area (Å²) in [5.41, 5.74) is 0.849. The Morgan fingerprint density at radius 1 is 1.16 bits per heavy atom. The Balaban J connectivity index is 2.16. The minimum atomic E-state index is -0.429. The fourth-order valence-electron chi connectivity index (χ4n) is 1.95. The largest absolute Gasteiger partial charge is 0.481 e. The molecule has 2 aromatic rings. The van der Waals surface area contributed by atoms with Crippen LogP contribution < -0.4 is 15.4 Å². The number of carbonyl (C=O) groups is 2. The molecule has 0 aliphatic carbocycles. The van der Waals surface area contributed by atoms with E-state index in [-0.39, 0.29) is 19.1 Å². The minimum absolute atomic E-state index is 0.0855. The van der Waals surface area contributed by atoms with Gasteiger partial charge in [0.1, 0.15) is 6.54 Å². The molecule has 0 saturated heterocycles. The van der Waals surface area contributed by atoms with Gasteiger partial charge in [-0.05, 0) is 37.3 Å². The summed E-state index contributed by atoms with van der Waals surface area (Å²) in [5, 5.41) is 6.12. The molecule has 0 radical (unpaired) electrons. The second-order valence-corrected chi connectivity index (χ2v) is 5.31. The van der Waals surface area contributed by atoms with Crippen LogP contribution >= 0.6 is 11.6 Å². The van der Waals surface area contributed by atoms with Crippen LogP contribution in [-0.2, 0) is 9.53 Å². The Morgan fingerprint density at radius 2 is 1.88 bits per heavy atom. The third-order valence-electron chi connectivity index (χ3n) is 3.14. The highest BCUT2D eigenvalue weighted by atomic mass is 35.5. The maximum atomic E-state index is 12.3. The van der Waals surface area contributed by atoms with E-state index in [1.54, 1.807) is 43.3 Å². The van der Waals surface area contributed by atoms with Gasteiger partial charge in [-0.2, -0.15) is 4.98 Å². The molecule has 132 valence electrons. The lowest BCUT2D eigenvalue weighted by molar-refractivity contribution is -0.140. The number of nitrogens with zero attached hydrogens (tertiary/aromatic N) is 1. The second kappa shape index (κ2) is 8.89. The van der Waals surface area contributed by atoms with Gasteiger partial charge in [-0.3, -0.25) is 9.59 Å². The van der Waals surface area contributed by atoms with E-state index in [0.717, 1.165) is 0 Å². The van der Waals surface area contributed by atoms with Gasteiger partial charge in [-0.1, -0.05) is 11.6 Å². The van der Waals surface area contributed by atoms with Crippen LogP contribution in [0.5, 0.6) is 5.88 Å². The standard InChI is InChI=1S/C17H18ClN3O4/c1-3-25-15(22)10-19-16-13(8-9-14(21-16)24-2)20-17(23)11-4-6-12(18)7-5-11/h4-9H,3,10H2,1-2H3,(H,19,21)(H,20,23).